The molecule has 0 amide bonds. The van der Waals surface area contributed by atoms with Gasteiger partial charge >= 0.3 is 0 Å². The third kappa shape index (κ3) is 4.41. The van der Waals surface area contributed by atoms with Crippen molar-refractivity contribution in [2.24, 2.45) is 0 Å². The van der Waals surface area contributed by atoms with Gasteiger partial charge in [-0.1, -0.05) is 91.0 Å². The summed E-state index contributed by atoms with van der Waals surface area (Å²) in [5.41, 5.74) is 8.20. The Hall–Kier alpha value is -4.96. The summed E-state index contributed by atoms with van der Waals surface area (Å²) in [5.74, 6) is 1.69. The summed E-state index contributed by atoms with van der Waals surface area (Å²) in [6, 6.07) is 43.3. The van der Waals surface area contributed by atoms with Crippen molar-refractivity contribution in [2.75, 3.05) is 7.11 Å². The summed E-state index contributed by atoms with van der Waals surface area (Å²) in [6.07, 6.45) is 1.82. The second kappa shape index (κ2) is 9.96. The van der Waals surface area contributed by atoms with Gasteiger partial charge < -0.3 is 4.74 Å². The fourth-order valence-electron chi connectivity index (χ4n) is 4.58. The minimum Gasteiger partial charge on any atom is -0.497 e. The molecule has 37 heavy (non-hydrogen) atoms. The zero-order chi connectivity index (χ0) is 25.0. The van der Waals surface area contributed by atoms with Crippen LogP contribution in [0.4, 0.5) is 0 Å². The lowest BCUT2D eigenvalue weighted by molar-refractivity contribution is 0.415. The number of nitrogens with zero attached hydrogens (tertiary/aromatic N) is 3. The van der Waals surface area contributed by atoms with Gasteiger partial charge in [0.25, 0.3) is 0 Å². The highest BCUT2D eigenvalue weighted by Gasteiger charge is 2.22. The van der Waals surface area contributed by atoms with Crippen molar-refractivity contribution < 1.29 is 4.74 Å². The number of hydrogen-bond donors (Lipinski definition) is 0. The van der Waals surface area contributed by atoms with Crippen molar-refractivity contribution in [3.63, 3.8) is 0 Å². The van der Waals surface area contributed by atoms with Gasteiger partial charge in [-0.2, -0.15) is 0 Å². The van der Waals surface area contributed by atoms with E-state index < -0.39 is 0 Å². The maximum atomic E-state index is 5.43. The lowest BCUT2D eigenvalue weighted by Gasteiger charge is -2.14. The summed E-state index contributed by atoms with van der Waals surface area (Å²) >= 11 is 0. The van der Waals surface area contributed by atoms with Gasteiger partial charge in [0.1, 0.15) is 11.6 Å². The van der Waals surface area contributed by atoms with Crippen LogP contribution < -0.4 is 4.74 Å². The van der Waals surface area contributed by atoms with Crippen molar-refractivity contribution in [3.05, 3.63) is 134 Å². The molecule has 0 atom stereocenters. The Morgan fingerprint density at radius 3 is 1.81 bits per heavy atom. The Balaban J connectivity index is 1.60. The van der Waals surface area contributed by atoms with E-state index in [1.165, 1.54) is 0 Å². The van der Waals surface area contributed by atoms with Crippen LogP contribution in [0, 0.1) is 0 Å². The molecule has 0 aliphatic carbocycles. The number of ether oxygens (including phenoxy) is 1. The quantitative estimate of drug-likeness (QED) is 0.243. The molecule has 0 N–H and O–H groups in total. The van der Waals surface area contributed by atoms with E-state index in [1.54, 1.807) is 7.11 Å². The Morgan fingerprint density at radius 2 is 1.19 bits per heavy atom. The first-order chi connectivity index (χ1) is 18.3. The minimum atomic E-state index is 0.815. The fourth-order valence-corrected chi connectivity index (χ4v) is 4.58. The summed E-state index contributed by atoms with van der Waals surface area (Å²) in [7, 11) is 1.68. The molecule has 0 bridgehead atoms. The van der Waals surface area contributed by atoms with Crippen LogP contribution in [0.15, 0.2) is 134 Å². The molecule has 6 rings (SSSR count). The van der Waals surface area contributed by atoms with Crippen molar-refractivity contribution in [1.82, 2.24) is 14.5 Å². The Morgan fingerprint density at radius 1 is 0.568 bits per heavy atom. The molecule has 0 aliphatic rings. The highest BCUT2D eigenvalue weighted by atomic mass is 16.5. The standard InChI is InChI=1S/C33H25N3O/c1-37-29-21-19-28(20-22-29)36-32(26-12-6-3-7-13-26)31(25-10-4-2-5-11-25)35-33(36)27-17-15-24(16-18-27)30-14-8-9-23-34-30/h2-23H,1H3. The van der Waals surface area contributed by atoms with Gasteiger partial charge in [0, 0.05) is 34.1 Å². The second-order valence-electron chi connectivity index (χ2n) is 8.69. The van der Waals surface area contributed by atoms with E-state index in [0.29, 0.717) is 0 Å². The Kier molecular flexibility index (Phi) is 6.05. The molecule has 4 heteroatoms. The average molecular weight is 480 g/mol. The minimum absolute atomic E-state index is 0.815. The van der Waals surface area contributed by atoms with Crippen LogP contribution in [0.3, 0.4) is 0 Å². The number of rotatable bonds is 6. The molecular weight excluding hydrogens is 454 g/mol. The van der Waals surface area contributed by atoms with Gasteiger partial charge in [0.05, 0.1) is 24.2 Å². The molecule has 0 fully saturated rings. The number of methoxy groups -OCH3 is 1. The summed E-state index contributed by atoms with van der Waals surface area (Å²) in [4.78, 5) is 9.76. The van der Waals surface area contributed by atoms with E-state index in [0.717, 1.165) is 56.6 Å². The van der Waals surface area contributed by atoms with Crippen LogP contribution in [-0.4, -0.2) is 21.6 Å². The summed E-state index contributed by atoms with van der Waals surface area (Å²) < 4.78 is 7.68. The number of hydrogen-bond acceptors (Lipinski definition) is 3. The van der Waals surface area contributed by atoms with Gasteiger partial charge in [-0.25, -0.2) is 4.98 Å². The topological polar surface area (TPSA) is 39.9 Å². The molecule has 0 radical (unpaired) electrons. The van der Waals surface area contributed by atoms with E-state index in [4.69, 9.17) is 9.72 Å². The Bertz CT molecular complexity index is 1610. The van der Waals surface area contributed by atoms with E-state index >= 15 is 0 Å². The maximum Gasteiger partial charge on any atom is 0.145 e. The molecular formula is C33H25N3O. The summed E-state index contributed by atoms with van der Waals surface area (Å²) in [5, 5.41) is 0. The van der Waals surface area contributed by atoms with Crippen LogP contribution in [0.25, 0.3) is 50.8 Å². The average Bonchev–Trinajstić information content (AvgIpc) is 3.39. The van der Waals surface area contributed by atoms with Crippen LogP contribution in [0.1, 0.15) is 0 Å². The molecule has 0 saturated heterocycles. The maximum absolute atomic E-state index is 5.43. The predicted molar refractivity (Wildman–Crippen MR) is 150 cm³/mol. The molecule has 2 heterocycles. The largest absolute Gasteiger partial charge is 0.497 e. The molecule has 6 aromatic rings. The van der Waals surface area contributed by atoms with Gasteiger partial charge in [-0.3, -0.25) is 9.55 Å². The molecule has 0 aliphatic heterocycles. The summed E-state index contributed by atoms with van der Waals surface area (Å²) in [6.45, 7) is 0. The molecule has 178 valence electrons. The van der Waals surface area contributed by atoms with E-state index in [9.17, 15) is 0 Å². The first-order valence-corrected chi connectivity index (χ1v) is 12.2. The number of pyridine rings is 1. The number of aromatic nitrogens is 3. The van der Waals surface area contributed by atoms with Gasteiger partial charge in [-0.15, -0.1) is 0 Å². The zero-order valence-corrected chi connectivity index (χ0v) is 20.5. The van der Waals surface area contributed by atoms with Crippen LogP contribution in [-0.2, 0) is 0 Å². The molecule has 0 saturated carbocycles. The van der Waals surface area contributed by atoms with Crippen molar-refractivity contribution in [3.8, 4) is 56.6 Å². The number of imidazole rings is 1. The molecule has 4 aromatic carbocycles. The lowest BCUT2D eigenvalue weighted by Crippen LogP contribution is -2.00. The van der Waals surface area contributed by atoms with E-state index in [2.05, 4.69) is 94.5 Å². The van der Waals surface area contributed by atoms with E-state index in [1.807, 2.05) is 48.7 Å². The van der Waals surface area contributed by atoms with Crippen LogP contribution in [0.2, 0.25) is 0 Å². The predicted octanol–water partition coefficient (Wildman–Crippen LogP) is 7.94. The van der Waals surface area contributed by atoms with Gasteiger partial charge in [-0.05, 0) is 36.4 Å². The van der Waals surface area contributed by atoms with Crippen LogP contribution >= 0.6 is 0 Å². The molecule has 2 aromatic heterocycles. The highest BCUT2D eigenvalue weighted by Crippen LogP contribution is 2.39. The van der Waals surface area contributed by atoms with Crippen molar-refractivity contribution >= 4 is 0 Å². The monoisotopic (exact) mass is 479 g/mol. The van der Waals surface area contributed by atoms with Crippen LogP contribution in [0.5, 0.6) is 5.75 Å². The lowest BCUT2D eigenvalue weighted by atomic mass is 10.0. The molecule has 4 nitrogen and oxygen atoms in total. The molecule has 0 spiro atoms. The third-order valence-electron chi connectivity index (χ3n) is 6.41. The molecule has 0 unspecified atom stereocenters. The number of benzene rings is 4. The normalized spacial score (nSPS) is 10.8. The van der Waals surface area contributed by atoms with Crippen molar-refractivity contribution in [1.29, 1.82) is 0 Å². The van der Waals surface area contributed by atoms with Gasteiger partial charge in [0.15, 0.2) is 0 Å². The SMILES string of the molecule is COc1ccc(-n2c(-c3ccc(-c4ccccn4)cc3)nc(-c3ccccc3)c2-c2ccccc2)cc1. The van der Waals surface area contributed by atoms with E-state index in [-0.39, 0.29) is 0 Å². The fraction of sp³-hybridized carbons (Fsp3) is 0.0303. The second-order valence-corrected chi connectivity index (χ2v) is 8.69. The Labute approximate surface area is 216 Å². The van der Waals surface area contributed by atoms with Crippen molar-refractivity contribution in [2.45, 2.75) is 0 Å². The highest BCUT2D eigenvalue weighted by molar-refractivity contribution is 5.84. The zero-order valence-electron chi connectivity index (χ0n) is 20.5. The van der Waals surface area contributed by atoms with Gasteiger partial charge in [0.2, 0.25) is 0 Å². The first-order valence-electron chi connectivity index (χ1n) is 12.2. The third-order valence-corrected chi connectivity index (χ3v) is 6.41. The smallest absolute Gasteiger partial charge is 0.145 e. The first kappa shape index (κ1) is 22.5.